The fourth-order valence-corrected chi connectivity index (χ4v) is 1.12. The zero-order valence-electron chi connectivity index (χ0n) is 5.83. The number of nitriles is 1. The highest BCUT2D eigenvalue weighted by atomic mass is 32.2. The molecule has 0 aliphatic rings. The van der Waals surface area contributed by atoms with Gasteiger partial charge in [-0.25, -0.2) is 0 Å². The maximum atomic E-state index is 10.2. The van der Waals surface area contributed by atoms with Gasteiger partial charge in [0.05, 0.1) is 11.3 Å². The summed E-state index contributed by atoms with van der Waals surface area (Å²) in [5.74, 6) is 0.335. The quantitative estimate of drug-likeness (QED) is 0.648. The topological polar surface area (TPSA) is 66.9 Å². The van der Waals surface area contributed by atoms with E-state index in [-0.39, 0.29) is 11.2 Å². The van der Waals surface area contributed by atoms with Crippen LogP contribution in [-0.2, 0) is 4.79 Å². The minimum Gasteiger partial charge on any atom is -0.370 e. The van der Waals surface area contributed by atoms with E-state index in [9.17, 15) is 4.79 Å². The number of hydrogen-bond donors (Lipinski definition) is 1. The van der Waals surface area contributed by atoms with Gasteiger partial charge in [0, 0.05) is 12.2 Å². The molecule has 0 fully saturated rings. The Labute approximate surface area is 64.6 Å². The Balaban J connectivity index is 3.22. The van der Waals surface area contributed by atoms with E-state index in [1.165, 1.54) is 11.8 Å². The SMILES string of the molecule is CC(C#N)SCCC(N)=O. The largest absolute Gasteiger partial charge is 0.370 e. The number of nitrogens with zero attached hydrogens (tertiary/aromatic N) is 1. The van der Waals surface area contributed by atoms with Crippen molar-refractivity contribution < 1.29 is 4.79 Å². The summed E-state index contributed by atoms with van der Waals surface area (Å²) in [6.07, 6.45) is 0.358. The van der Waals surface area contributed by atoms with Gasteiger partial charge in [-0.3, -0.25) is 4.79 Å². The van der Waals surface area contributed by atoms with Crippen molar-refractivity contribution in [3.63, 3.8) is 0 Å². The second-order valence-corrected chi connectivity index (χ2v) is 3.31. The first-order valence-electron chi connectivity index (χ1n) is 2.96. The highest BCUT2D eigenvalue weighted by molar-refractivity contribution is 8.00. The number of hydrogen-bond acceptors (Lipinski definition) is 3. The van der Waals surface area contributed by atoms with Crippen LogP contribution in [0.25, 0.3) is 0 Å². The summed E-state index contributed by atoms with van der Waals surface area (Å²) in [4.78, 5) is 10.2. The molecule has 1 unspecified atom stereocenters. The number of carbonyl (C=O) groups excluding carboxylic acids is 1. The number of primary amides is 1. The molecule has 0 aromatic heterocycles. The zero-order chi connectivity index (χ0) is 7.98. The molecule has 0 heterocycles. The van der Waals surface area contributed by atoms with Gasteiger partial charge in [-0.1, -0.05) is 0 Å². The molecular formula is C6H10N2OS. The molecule has 0 saturated heterocycles. The van der Waals surface area contributed by atoms with Crippen molar-refractivity contribution in [1.29, 1.82) is 5.26 Å². The Kier molecular flexibility index (Phi) is 4.77. The molecular weight excluding hydrogens is 148 g/mol. The van der Waals surface area contributed by atoms with E-state index < -0.39 is 0 Å². The third-order valence-corrected chi connectivity index (χ3v) is 1.94. The van der Waals surface area contributed by atoms with Gasteiger partial charge in [0.2, 0.25) is 5.91 Å². The number of thioether (sulfide) groups is 1. The number of nitrogens with two attached hydrogens (primary N) is 1. The van der Waals surface area contributed by atoms with Crippen LogP contribution in [0.2, 0.25) is 0 Å². The van der Waals surface area contributed by atoms with Crippen molar-refractivity contribution in [1.82, 2.24) is 0 Å². The molecule has 56 valence electrons. The molecule has 1 amide bonds. The molecule has 2 N–H and O–H groups in total. The Morgan fingerprint density at radius 3 is 2.90 bits per heavy atom. The first-order chi connectivity index (χ1) is 4.66. The first kappa shape index (κ1) is 9.31. The third kappa shape index (κ3) is 5.45. The first-order valence-corrected chi connectivity index (χ1v) is 4.01. The summed E-state index contributed by atoms with van der Waals surface area (Å²) in [6, 6.07) is 2.05. The maximum Gasteiger partial charge on any atom is 0.218 e. The van der Waals surface area contributed by atoms with E-state index in [0.717, 1.165) is 0 Å². The highest BCUT2D eigenvalue weighted by Gasteiger charge is 2.00. The summed E-state index contributed by atoms with van der Waals surface area (Å²) in [6.45, 7) is 1.80. The van der Waals surface area contributed by atoms with Crippen LogP contribution in [0, 0.1) is 11.3 Å². The predicted molar refractivity (Wildman–Crippen MR) is 41.3 cm³/mol. The molecule has 0 saturated carbocycles. The number of rotatable bonds is 4. The zero-order valence-corrected chi connectivity index (χ0v) is 6.65. The molecule has 3 nitrogen and oxygen atoms in total. The average molecular weight is 158 g/mol. The second kappa shape index (κ2) is 5.12. The molecule has 0 spiro atoms. The van der Waals surface area contributed by atoms with E-state index in [1.54, 1.807) is 6.92 Å². The van der Waals surface area contributed by atoms with E-state index in [0.29, 0.717) is 12.2 Å². The Hall–Kier alpha value is -0.690. The Morgan fingerprint density at radius 2 is 2.50 bits per heavy atom. The standard InChI is InChI=1S/C6H10N2OS/c1-5(4-7)10-3-2-6(8)9/h5H,2-3H2,1H3,(H2,8,9). The molecule has 4 heteroatoms. The maximum absolute atomic E-state index is 10.2. The molecule has 10 heavy (non-hydrogen) atoms. The predicted octanol–water partition coefficient (Wildman–Crippen LogP) is 0.507. The molecule has 0 bridgehead atoms. The Morgan fingerprint density at radius 1 is 1.90 bits per heavy atom. The molecule has 0 aromatic carbocycles. The summed E-state index contributed by atoms with van der Waals surface area (Å²) in [7, 11) is 0. The van der Waals surface area contributed by atoms with E-state index >= 15 is 0 Å². The van der Waals surface area contributed by atoms with E-state index in [2.05, 4.69) is 0 Å². The number of amides is 1. The molecule has 0 radical (unpaired) electrons. The lowest BCUT2D eigenvalue weighted by Gasteiger charge is -1.98. The number of carbonyl (C=O) groups is 1. The highest BCUT2D eigenvalue weighted by Crippen LogP contribution is 2.09. The van der Waals surface area contributed by atoms with Crippen LogP contribution in [-0.4, -0.2) is 16.9 Å². The second-order valence-electron chi connectivity index (χ2n) is 1.86. The summed E-state index contributed by atoms with van der Waals surface area (Å²) in [5, 5.41) is 8.27. The molecule has 1 atom stereocenters. The van der Waals surface area contributed by atoms with E-state index in [1.807, 2.05) is 6.07 Å². The summed E-state index contributed by atoms with van der Waals surface area (Å²) >= 11 is 1.44. The van der Waals surface area contributed by atoms with Crippen molar-refractivity contribution in [2.24, 2.45) is 5.73 Å². The van der Waals surface area contributed by atoms with E-state index in [4.69, 9.17) is 11.0 Å². The molecule has 0 aliphatic heterocycles. The van der Waals surface area contributed by atoms with Gasteiger partial charge in [-0.2, -0.15) is 5.26 Å². The lowest BCUT2D eigenvalue weighted by molar-refractivity contribution is -0.117. The van der Waals surface area contributed by atoms with Crippen LogP contribution in [0.15, 0.2) is 0 Å². The van der Waals surface area contributed by atoms with Gasteiger partial charge < -0.3 is 5.73 Å². The van der Waals surface area contributed by atoms with Crippen LogP contribution >= 0.6 is 11.8 Å². The third-order valence-electron chi connectivity index (χ3n) is 0.898. The van der Waals surface area contributed by atoms with Crippen molar-refractivity contribution >= 4 is 17.7 Å². The van der Waals surface area contributed by atoms with Crippen LogP contribution in [0.4, 0.5) is 0 Å². The van der Waals surface area contributed by atoms with Crippen LogP contribution < -0.4 is 5.73 Å². The van der Waals surface area contributed by atoms with Gasteiger partial charge in [-0.15, -0.1) is 11.8 Å². The van der Waals surface area contributed by atoms with Crippen molar-refractivity contribution in [3.05, 3.63) is 0 Å². The lowest BCUT2D eigenvalue weighted by Crippen LogP contribution is -2.11. The van der Waals surface area contributed by atoms with Gasteiger partial charge in [0.1, 0.15) is 0 Å². The van der Waals surface area contributed by atoms with Crippen LogP contribution in [0.3, 0.4) is 0 Å². The van der Waals surface area contributed by atoms with Crippen LogP contribution in [0.1, 0.15) is 13.3 Å². The minimum absolute atomic E-state index is 0.0423. The van der Waals surface area contributed by atoms with Crippen molar-refractivity contribution in [2.75, 3.05) is 5.75 Å². The van der Waals surface area contributed by atoms with Gasteiger partial charge in [0.15, 0.2) is 0 Å². The lowest BCUT2D eigenvalue weighted by atomic mass is 10.5. The molecule has 0 aliphatic carbocycles. The smallest absolute Gasteiger partial charge is 0.218 e. The fraction of sp³-hybridized carbons (Fsp3) is 0.667. The average Bonchev–Trinajstić information content (AvgIpc) is 1.87. The fourth-order valence-electron chi connectivity index (χ4n) is 0.374. The van der Waals surface area contributed by atoms with Gasteiger partial charge in [0.25, 0.3) is 0 Å². The minimum atomic E-state index is -0.308. The van der Waals surface area contributed by atoms with Gasteiger partial charge in [-0.05, 0) is 6.92 Å². The van der Waals surface area contributed by atoms with Gasteiger partial charge >= 0.3 is 0 Å². The summed E-state index contributed by atoms with van der Waals surface area (Å²) < 4.78 is 0. The van der Waals surface area contributed by atoms with Crippen molar-refractivity contribution in [3.8, 4) is 6.07 Å². The van der Waals surface area contributed by atoms with Crippen LogP contribution in [0.5, 0.6) is 0 Å². The van der Waals surface area contributed by atoms with Crippen molar-refractivity contribution in [2.45, 2.75) is 18.6 Å². The molecule has 0 rings (SSSR count). The summed E-state index contributed by atoms with van der Waals surface area (Å²) in [5.41, 5.74) is 4.88. The molecule has 0 aromatic rings. The monoisotopic (exact) mass is 158 g/mol. The normalized spacial score (nSPS) is 12.0. The Bertz CT molecular complexity index is 152.